The molecule has 1 aromatic heterocycles. The number of hydrogen-bond acceptors (Lipinski definition) is 2. The van der Waals surface area contributed by atoms with Gasteiger partial charge in [0.15, 0.2) is 0 Å². The van der Waals surface area contributed by atoms with Crippen molar-refractivity contribution in [2.45, 2.75) is 26.2 Å². The molecule has 0 N–H and O–H groups in total. The summed E-state index contributed by atoms with van der Waals surface area (Å²) in [5.41, 5.74) is 1.19. The molecule has 0 saturated carbocycles. The summed E-state index contributed by atoms with van der Waals surface area (Å²) in [5.74, 6) is 0.326. The summed E-state index contributed by atoms with van der Waals surface area (Å²) in [6.45, 7) is 1.90. The molecule has 0 spiro atoms. The summed E-state index contributed by atoms with van der Waals surface area (Å²) in [4.78, 5) is 14.9. The Morgan fingerprint density at radius 3 is 2.67 bits per heavy atom. The molecule has 1 rings (SSSR count). The smallest absolute Gasteiger partial charge is 0.132 e. The van der Waals surface area contributed by atoms with Crippen molar-refractivity contribution in [1.29, 1.82) is 0 Å². The summed E-state index contributed by atoms with van der Waals surface area (Å²) in [5, 5.41) is 0. The van der Waals surface area contributed by atoms with Crippen LogP contribution < -0.4 is 0 Å². The average molecular weight is 163 g/mol. The average Bonchev–Trinajstić information content (AvgIpc) is 2.16. The fraction of sp³-hybridized carbons (Fsp3) is 0.400. The Morgan fingerprint density at radius 2 is 2.08 bits per heavy atom. The lowest BCUT2D eigenvalue weighted by Crippen LogP contribution is -1.97. The Morgan fingerprint density at radius 1 is 1.42 bits per heavy atom. The molecule has 0 amide bonds. The highest BCUT2D eigenvalue weighted by atomic mass is 16.1. The van der Waals surface area contributed by atoms with Crippen LogP contribution in [0.3, 0.4) is 0 Å². The highest BCUT2D eigenvalue weighted by Crippen LogP contribution is 2.02. The highest BCUT2D eigenvalue weighted by molar-refractivity contribution is 5.78. The predicted molar refractivity (Wildman–Crippen MR) is 47.9 cm³/mol. The van der Waals surface area contributed by atoms with Crippen LogP contribution in [0.25, 0.3) is 0 Å². The van der Waals surface area contributed by atoms with Gasteiger partial charge in [0, 0.05) is 25.2 Å². The number of pyridine rings is 1. The second kappa shape index (κ2) is 4.65. The topological polar surface area (TPSA) is 30.0 Å². The van der Waals surface area contributed by atoms with Crippen molar-refractivity contribution in [2.24, 2.45) is 0 Å². The Balaban J connectivity index is 2.38. The Bertz CT molecular complexity index is 243. The summed E-state index contributed by atoms with van der Waals surface area (Å²) in [6.07, 6.45) is 5.65. The molecule has 64 valence electrons. The molecule has 0 aliphatic rings. The van der Waals surface area contributed by atoms with Crippen LogP contribution in [0, 0.1) is 0 Å². The number of ketones is 1. The fourth-order valence-corrected chi connectivity index (χ4v) is 1.01. The van der Waals surface area contributed by atoms with Crippen LogP contribution in [-0.2, 0) is 11.2 Å². The molecule has 12 heavy (non-hydrogen) atoms. The minimum absolute atomic E-state index is 0.326. The van der Waals surface area contributed by atoms with Crippen molar-refractivity contribution in [3.05, 3.63) is 30.1 Å². The highest BCUT2D eigenvalue weighted by Gasteiger charge is 1.98. The first-order valence-electron chi connectivity index (χ1n) is 4.23. The van der Waals surface area contributed by atoms with E-state index in [-0.39, 0.29) is 0 Å². The van der Waals surface area contributed by atoms with Crippen LogP contribution in [0.4, 0.5) is 0 Å². The van der Waals surface area contributed by atoms with Gasteiger partial charge in [-0.2, -0.15) is 0 Å². The first kappa shape index (κ1) is 8.91. The quantitative estimate of drug-likeness (QED) is 0.679. The van der Waals surface area contributed by atoms with E-state index < -0.39 is 0 Å². The number of carbonyl (C=O) groups excluding carboxylic acids is 1. The van der Waals surface area contributed by atoms with Gasteiger partial charge < -0.3 is 0 Å². The molecular formula is C10H13NO. The molecule has 0 aliphatic heterocycles. The number of Topliss-reactive ketones (excluding diaryl/α,β-unsaturated/α-hetero) is 1. The van der Waals surface area contributed by atoms with Gasteiger partial charge in [-0.1, -0.05) is 6.92 Å². The van der Waals surface area contributed by atoms with Gasteiger partial charge in [0.25, 0.3) is 0 Å². The van der Waals surface area contributed by atoms with Crippen LogP contribution in [0.15, 0.2) is 24.5 Å². The number of hydrogen-bond donors (Lipinski definition) is 0. The van der Waals surface area contributed by atoms with E-state index >= 15 is 0 Å². The Labute approximate surface area is 72.6 Å². The maximum Gasteiger partial charge on any atom is 0.132 e. The lowest BCUT2D eigenvalue weighted by Gasteiger charge is -1.97. The molecule has 0 radical (unpaired) electrons. The van der Waals surface area contributed by atoms with Crippen molar-refractivity contribution >= 4 is 5.78 Å². The van der Waals surface area contributed by atoms with E-state index in [0.717, 1.165) is 6.42 Å². The molecule has 0 atom stereocenters. The third-order valence-electron chi connectivity index (χ3n) is 1.84. The number of rotatable bonds is 4. The van der Waals surface area contributed by atoms with E-state index in [1.807, 2.05) is 19.1 Å². The zero-order valence-corrected chi connectivity index (χ0v) is 7.29. The van der Waals surface area contributed by atoms with Crippen LogP contribution in [0.2, 0.25) is 0 Å². The Hall–Kier alpha value is -1.18. The van der Waals surface area contributed by atoms with E-state index in [1.54, 1.807) is 12.4 Å². The summed E-state index contributed by atoms with van der Waals surface area (Å²) >= 11 is 0. The zero-order valence-electron chi connectivity index (χ0n) is 7.29. The molecule has 0 bridgehead atoms. The molecule has 1 aromatic rings. The molecule has 2 heteroatoms. The van der Waals surface area contributed by atoms with Crippen molar-refractivity contribution in [3.63, 3.8) is 0 Å². The number of aryl methyl sites for hydroxylation is 1. The van der Waals surface area contributed by atoms with Gasteiger partial charge in [0.05, 0.1) is 0 Å². The van der Waals surface area contributed by atoms with Gasteiger partial charge in [-0.05, 0) is 24.1 Å². The van der Waals surface area contributed by atoms with E-state index in [9.17, 15) is 4.79 Å². The van der Waals surface area contributed by atoms with Crippen molar-refractivity contribution in [2.75, 3.05) is 0 Å². The summed E-state index contributed by atoms with van der Waals surface area (Å²) < 4.78 is 0. The van der Waals surface area contributed by atoms with Gasteiger partial charge in [-0.25, -0.2) is 0 Å². The van der Waals surface area contributed by atoms with Crippen molar-refractivity contribution < 1.29 is 4.79 Å². The third-order valence-corrected chi connectivity index (χ3v) is 1.84. The van der Waals surface area contributed by atoms with E-state index in [2.05, 4.69) is 4.98 Å². The molecule has 0 saturated heterocycles. The van der Waals surface area contributed by atoms with E-state index in [0.29, 0.717) is 18.6 Å². The van der Waals surface area contributed by atoms with Gasteiger partial charge >= 0.3 is 0 Å². The fourth-order valence-electron chi connectivity index (χ4n) is 1.01. The summed E-state index contributed by atoms with van der Waals surface area (Å²) in [6, 6.07) is 3.89. The molecule has 0 aliphatic carbocycles. The number of carbonyl (C=O) groups is 1. The lowest BCUT2D eigenvalue weighted by atomic mass is 10.1. The third kappa shape index (κ3) is 2.82. The molecule has 1 heterocycles. The SMILES string of the molecule is CCC(=O)CCc1ccncc1. The molecule has 0 fully saturated rings. The first-order chi connectivity index (χ1) is 5.83. The summed E-state index contributed by atoms with van der Waals surface area (Å²) in [7, 11) is 0. The van der Waals surface area contributed by atoms with Crippen LogP contribution in [0.1, 0.15) is 25.3 Å². The van der Waals surface area contributed by atoms with Gasteiger partial charge in [-0.15, -0.1) is 0 Å². The molecular weight excluding hydrogens is 150 g/mol. The van der Waals surface area contributed by atoms with Crippen molar-refractivity contribution in [3.8, 4) is 0 Å². The van der Waals surface area contributed by atoms with Gasteiger partial charge in [-0.3, -0.25) is 9.78 Å². The minimum atomic E-state index is 0.326. The second-order valence-corrected chi connectivity index (χ2v) is 2.75. The number of aromatic nitrogens is 1. The molecule has 2 nitrogen and oxygen atoms in total. The first-order valence-corrected chi connectivity index (χ1v) is 4.23. The monoisotopic (exact) mass is 163 g/mol. The van der Waals surface area contributed by atoms with Crippen LogP contribution in [-0.4, -0.2) is 10.8 Å². The maximum atomic E-state index is 11.0. The van der Waals surface area contributed by atoms with E-state index in [4.69, 9.17) is 0 Å². The minimum Gasteiger partial charge on any atom is -0.300 e. The maximum absolute atomic E-state index is 11.0. The number of nitrogens with zero attached hydrogens (tertiary/aromatic N) is 1. The molecule has 0 unspecified atom stereocenters. The second-order valence-electron chi connectivity index (χ2n) is 2.75. The van der Waals surface area contributed by atoms with Gasteiger partial charge in [0.2, 0.25) is 0 Å². The Kier molecular flexibility index (Phi) is 3.45. The predicted octanol–water partition coefficient (Wildman–Crippen LogP) is 1.99. The van der Waals surface area contributed by atoms with Crippen LogP contribution >= 0.6 is 0 Å². The molecule has 0 aromatic carbocycles. The zero-order chi connectivity index (χ0) is 8.81. The van der Waals surface area contributed by atoms with E-state index in [1.165, 1.54) is 5.56 Å². The normalized spacial score (nSPS) is 9.75. The van der Waals surface area contributed by atoms with Gasteiger partial charge in [0.1, 0.15) is 5.78 Å². The van der Waals surface area contributed by atoms with Crippen LogP contribution in [0.5, 0.6) is 0 Å². The largest absolute Gasteiger partial charge is 0.300 e. The lowest BCUT2D eigenvalue weighted by molar-refractivity contribution is -0.118. The standard InChI is InChI=1S/C10H13NO/c1-2-10(12)4-3-9-5-7-11-8-6-9/h5-8H,2-4H2,1H3. The van der Waals surface area contributed by atoms with Crippen molar-refractivity contribution in [1.82, 2.24) is 4.98 Å².